The fraction of sp³-hybridized carbons (Fsp3) is 1.00. The minimum atomic E-state index is -3.34. The van der Waals surface area contributed by atoms with E-state index < -0.39 is 10.2 Å². The van der Waals surface area contributed by atoms with Gasteiger partial charge in [-0.25, -0.2) is 0 Å². The molecular weight excluding hydrogens is 216 g/mol. The zero-order chi connectivity index (χ0) is 10.9. The van der Waals surface area contributed by atoms with Crippen molar-refractivity contribution in [2.24, 2.45) is 11.8 Å². The molecule has 1 heterocycles. The van der Waals surface area contributed by atoms with E-state index in [1.54, 1.807) is 0 Å². The molecule has 2 rings (SSSR count). The van der Waals surface area contributed by atoms with Crippen LogP contribution >= 0.6 is 0 Å². The lowest BCUT2D eigenvalue weighted by Gasteiger charge is -2.17. The lowest BCUT2D eigenvalue weighted by Crippen LogP contribution is -2.40. The first-order valence-electron chi connectivity index (χ1n) is 5.49. The van der Waals surface area contributed by atoms with E-state index in [1.807, 2.05) is 0 Å². The van der Waals surface area contributed by atoms with Crippen molar-refractivity contribution in [2.45, 2.75) is 19.3 Å². The van der Waals surface area contributed by atoms with E-state index in [0.29, 0.717) is 24.9 Å². The number of nitrogens with one attached hydrogen (secondary N) is 1. The molecule has 15 heavy (non-hydrogen) atoms. The van der Waals surface area contributed by atoms with Crippen molar-refractivity contribution < 1.29 is 13.5 Å². The van der Waals surface area contributed by atoms with E-state index >= 15 is 0 Å². The molecule has 1 aliphatic heterocycles. The maximum atomic E-state index is 11.7. The maximum Gasteiger partial charge on any atom is 0.279 e. The molecule has 88 valence electrons. The zero-order valence-corrected chi connectivity index (χ0v) is 9.54. The number of aliphatic hydroxyl groups is 1. The van der Waals surface area contributed by atoms with Crippen LogP contribution in [-0.2, 0) is 10.2 Å². The van der Waals surface area contributed by atoms with Gasteiger partial charge in [-0.1, -0.05) is 6.42 Å². The number of hydrogen-bond acceptors (Lipinski definition) is 3. The molecule has 0 radical (unpaired) electrons. The Hall–Kier alpha value is -0.170. The fourth-order valence-corrected chi connectivity index (χ4v) is 3.96. The molecule has 0 aromatic carbocycles. The Bertz CT molecular complexity index is 305. The highest BCUT2D eigenvalue weighted by atomic mass is 32.2. The molecule has 2 atom stereocenters. The van der Waals surface area contributed by atoms with Gasteiger partial charge >= 0.3 is 0 Å². The molecule has 0 aromatic rings. The Balaban J connectivity index is 1.95. The van der Waals surface area contributed by atoms with Crippen LogP contribution in [0, 0.1) is 11.8 Å². The van der Waals surface area contributed by atoms with Gasteiger partial charge in [0.25, 0.3) is 10.2 Å². The van der Waals surface area contributed by atoms with Crippen LogP contribution in [0.5, 0.6) is 0 Å². The van der Waals surface area contributed by atoms with Gasteiger partial charge < -0.3 is 5.11 Å². The average molecular weight is 234 g/mol. The quantitative estimate of drug-likeness (QED) is 0.692. The van der Waals surface area contributed by atoms with Gasteiger partial charge in [-0.05, 0) is 24.7 Å². The van der Waals surface area contributed by atoms with Gasteiger partial charge in [-0.2, -0.15) is 17.4 Å². The van der Waals surface area contributed by atoms with Gasteiger partial charge in [-0.15, -0.1) is 0 Å². The summed E-state index contributed by atoms with van der Waals surface area (Å²) in [5.74, 6) is 1.13. The van der Waals surface area contributed by atoms with Gasteiger partial charge in [-0.3, -0.25) is 0 Å². The van der Waals surface area contributed by atoms with Gasteiger partial charge in [0, 0.05) is 19.6 Å². The van der Waals surface area contributed by atoms with Crippen molar-refractivity contribution in [3.8, 4) is 0 Å². The molecular formula is C9H18N2O3S. The predicted octanol–water partition coefficient (Wildman–Crippen LogP) is -0.455. The average Bonchev–Trinajstić information content (AvgIpc) is 2.73. The summed E-state index contributed by atoms with van der Waals surface area (Å²) in [4.78, 5) is 0. The van der Waals surface area contributed by atoms with Crippen molar-refractivity contribution >= 4 is 10.2 Å². The monoisotopic (exact) mass is 234 g/mol. The summed E-state index contributed by atoms with van der Waals surface area (Å²) in [6.45, 7) is 1.27. The number of nitrogens with zero attached hydrogens (tertiary/aromatic N) is 1. The third kappa shape index (κ3) is 2.33. The molecule has 2 fully saturated rings. The van der Waals surface area contributed by atoms with Crippen molar-refractivity contribution in [1.29, 1.82) is 0 Å². The van der Waals surface area contributed by atoms with Crippen LogP contribution in [0.15, 0.2) is 0 Å². The molecule has 1 saturated carbocycles. The summed E-state index contributed by atoms with van der Waals surface area (Å²) in [7, 11) is -3.34. The highest BCUT2D eigenvalue weighted by Gasteiger charge is 2.40. The third-order valence-corrected chi connectivity index (χ3v) is 4.98. The van der Waals surface area contributed by atoms with Crippen molar-refractivity contribution in [2.75, 3.05) is 26.2 Å². The van der Waals surface area contributed by atoms with E-state index in [-0.39, 0.29) is 13.2 Å². The molecule has 0 aromatic heterocycles. The van der Waals surface area contributed by atoms with Gasteiger partial charge in [0.2, 0.25) is 0 Å². The van der Waals surface area contributed by atoms with Crippen LogP contribution in [-0.4, -0.2) is 44.1 Å². The van der Waals surface area contributed by atoms with E-state index in [0.717, 1.165) is 12.8 Å². The van der Waals surface area contributed by atoms with Crippen molar-refractivity contribution in [3.63, 3.8) is 0 Å². The summed E-state index contributed by atoms with van der Waals surface area (Å²) < 4.78 is 27.4. The Kier molecular flexibility index (Phi) is 3.30. The molecule has 5 nitrogen and oxygen atoms in total. The topological polar surface area (TPSA) is 69.6 Å². The zero-order valence-electron chi connectivity index (χ0n) is 8.72. The normalized spacial score (nSPS) is 32.1. The highest BCUT2D eigenvalue weighted by Crippen LogP contribution is 2.38. The molecule has 1 saturated heterocycles. The molecule has 0 bridgehead atoms. The van der Waals surface area contributed by atoms with Crippen LogP contribution in [0.2, 0.25) is 0 Å². The lowest BCUT2D eigenvalue weighted by molar-refractivity contribution is 0.299. The van der Waals surface area contributed by atoms with E-state index in [9.17, 15) is 8.42 Å². The second-order valence-corrected chi connectivity index (χ2v) is 6.15. The standard InChI is InChI=1S/C9H18N2O3S/c12-5-4-10-15(13,14)11-6-8-2-1-3-9(8)7-11/h8-10,12H,1-7H2. The number of aliphatic hydroxyl groups excluding tert-OH is 1. The molecule has 1 aliphatic carbocycles. The van der Waals surface area contributed by atoms with Crippen LogP contribution in [0.4, 0.5) is 0 Å². The summed E-state index contributed by atoms with van der Waals surface area (Å²) in [6, 6.07) is 0. The Morgan fingerprint density at radius 2 is 1.87 bits per heavy atom. The highest BCUT2D eigenvalue weighted by molar-refractivity contribution is 7.87. The van der Waals surface area contributed by atoms with Crippen LogP contribution in [0.25, 0.3) is 0 Å². The van der Waals surface area contributed by atoms with Gasteiger partial charge in [0.1, 0.15) is 0 Å². The van der Waals surface area contributed by atoms with Crippen LogP contribution < -0.4 is 4.72 Å². The third-order valence-electron chi connectivity index (χ3n) is 3.43. The van der Waals surface area contributed by atoms with Crippen molar-refractivity contribution in [3.05, 3.63) is 0 Å². The van der Waals surface area contributed by atoms with Crippen LogP contribution in [0.3, 0.4) is 0 Å². The van der Waals surface area contributed by atoms with Crippen LogP contribution in [0.1, 0.15) is 19.3 Å². The summed E-state index contributed by atoms with van der Waals surface area (Å²) in [5.41, 5.74) is 0. The molecule has 2 unspecified atom stereocenters. The first-order chi connectivity index (χ1) is 7.13. The largest absolute Gasteiger partial charge is 0.395 e. The number of rotatable bonds is 4. The number of hydrogen-bond donors (Lipinski definition) is 2. The fourth-order valence-electron chi connectivity index (χ4n) is 2.65. The van der Waals surface area contributed by atoms with Crippen molar-refractivity contribution in [1.82, 2.24) is 9.03 Å². The summed E-state index contributed by atoms with van der Waals surface area (Å²) >= 11 is 0. The molecule has 2 aliphatic rings. The second-order valence-electron chi connectivity index (χ2n) is 4.39. The summed E-state index contributed by atoms with van der Waals surface area (Å²) in [5, 5.41) is 8.59. The van der Waals surface area contributed by atoms with E-state index in [4.69, 9.17) is 5.11 Å². The Morgan fingerprint density at radius 1 is 1.27 bits per heavy atom. The Morgan fingerprint density at radius 3 is 2.40 bits per heavy atom. The molecule has 6 heteroatoms. The Labute approximate surface area is 90.6 Å². The first kappa shape index (κ1) is 11.3. The second kappa shape index (κ2) is 4.37. The molecule has 0 spiro atoms. The van der Waals surface area contributed by atoms with Gasteiger partial charge in [0.05, 0.1) is 6.61 Å². The minimum absolute atomic E-state index is 0.105. The van der Waals surface area contributed by atoms with E-state index in [2.05, 4.69) is 4.72 Å². The van der Waals surface area contributed by atoms with E-state index in [1.165, 1.54) is 10.7 Å². The minimum Gasteiger partial charge on any atom is -0.395 e. The lowest BCUT2D eigenvalue weighted by atomic mass is 10.0. The van der Waals surface area contributed by atoms with Gasteiger partial charge in [0.15, 0.2) is 0 Å². The maximum absolute atomic E-state index is 11.7. The molecule has 0 amide bonds. The SMILES string of the molecule is O=S(=O)(NCCO)N1CC2CCCC2C1. The predicted molar refractivity (Wildman–Crippen MR) is 56.4 cm³/mol. The first-order valence-corrected chi connectivity index (χ1v) is 6.93. The molecule has 2 N–H and O–H groups in total. The smallest absolute Gasteiger partial charge is 0.279 e. The number of fused-ring (bicyclic) bond motifs is 1. The summed E-state index contributed by atoms with van der Waals surface area (Å²) in [6.07, 6.45) is 3.57.